The summed E-state index contributed by atoms with van der Waals surface area (Å²) in [6.07, 6.45) is 2.80. The molecular formula is C24H34Cl2N4O4. The highest BCUT2D eigenvalue weighted by molar-refractivity contribution is 6.42. The summed E-state index contributed by atoms with van der Waals surface area (Å²) in [5, 5.41) is 11.5. The van der Waals surface area contributed by atoms with Gasteiger partial charge in [-0.2, -0.15) is 0 Å². The van der Waals surface area contributed by atoms with Crippen molar-refractivity contribution in [2.75, 3.05) is 79.2 Å². The number of carbonyl (C=O) groups excluding carboxylic acids is 2. The zero-order valence-electron chi connectivity index (χ0n) is 19.7. The molecule has 34 heavy (non-hydrogen) atoms. The molecule has 1 aromatic carbocycles. The maximum Gasteiger partial charge on any atom is 0.246 e. The summed E-state index contributed by atoms with van der Waals surface area (Å²) in [6, 6.07) is 5.16. The van der Waals surface area contributed by atoms with E-state index in [1.54, 1.807) is 41.2 Å². The standard InChI is InChI=1S/C24H34Cl2N4O4/c1-34-15-14-27-8-10-28(11-9-27)17-20(31)18-30-13-12-29(7-6-24(30)33)23(32)5-3-19-2-4-21(25)22(26)16-19/h2-5,16,20,31H,6-15,17-18H2,1H3/b5-3+. The summed E-state index contributed by atoms with van der Waals surface area (Å²) in [5.41, 5.74) is 0.776. The number of amides is 2. The number of nitrogens with zero attached hydrogens (tertiary/aromatic N) is 4. The van der Waals surface area contributed by atoms with Crippen LogP contribution in [0.25, 0.3) is 6.08 Å². The number of hydrogen-bond donors (Lipinski definition) is 1. The van der Waals surface area contributed by atoms with Crippen LogP contribution < -0.4 is 0 Å². The van der Waals surface area contributed by atoms with Crippen molar-refractivity contribution in [1.82, 2.24) is 19.6 Å². The molecule has 2 heterocycles. The van der Waals surface area contributed by atoms with Crippen LogP contribution in [0.2, 0.25) is 10.0 Å². The summed E-state index contributed by atoms with van der Waals surface area (Å²) in [5.74, 6) is -0.195. The van der Waals surface area contributed by atoms with Crippen molar-refractivity contribution in [1.29, 1.82) is 0 Å². The molecule has 2 amide bonds. The smallest absolute Gasteiger partial charge is 0.246 e. The molecule has 2 saturated heterocycles. The van der Waals surface area contributed by atoms with E-state index in [2.05, 4.69) is 9.80 Å². The molecule has 10 heteroatoms. The highest BCUT2D eigenvalue weighted by atomic mass is 35.5. The molecule has 2 aliphatic rings. The molecular weight excluding hydrogens is 479 g/mol. The van der Waals surface area contributed by atoms with E-state index in [9.17, 15) is 14.7 Å². The van der Waals surface area contributed by atoms with Gasteiger partial charge in [0.05, 0.1) is 22.8 Å². The van der Waals surface area contributed by atoms with E-state index in [1.165, 1.54) is 6.08 Å². The molecule has 0 aliphatic carbocycles. The Labute approximate surface area is 211 Å². The molecule has 8 nitrogen and oxygen atoms in total. The second kappa shape index (κ2) is 13.4. The van der Waals surface area contributed by atoms with Gasteiger partial charge in [0.15, 0.2) is 0 Å². The predicted octanol–water partition coefficient (Wildman–Crippen LogP) is 1.69. The molecule has 1 atom stereocenters. The van der Waals surface area contributed by atoms with Crippen LogP contribution in [0, 0.1) is 0 Å². The maximum absolute atomic E-state index is 12.6. The van der Waals surface area contributed by atoms with Gasteiger partial charge in [0.1, 0.15) is 0 Å². The fourth-order valence-electron chi connectivity index (χ4n) is 4.20. The number of aliphatic hydroxyl groups excluding tert-OH is 1. The van der Waals surface area contributed by atoms with Gasteiger partial charge in [0.2, 0.25) is 11.8 Å². The highest BCUT2D eigenvalue weighted by Gasteiger charge is 2.26. The Balaban J connectivity index is 1.44. The van der Waals surface area contributed by atoms with Gasteiger partial charge in [0, 0.05) is 85.1 Å². The molecule has 0 aromatic heterocycles. The van der Waals surface area contributed by atoms with E-state index in [1.807, 2.05) is 0 Å². The van der Waals surface area contributed by atoms with Crippen molar-refractivity contribution in [3.8, 4) is 0 Å². The van der Waals surface area contributed by atoms with E-state index in [0.717, 1.165) is 44.9 Å². The molecule has 0 spiro atoms. The number of methoxy groups -OCH3 is 1. The van der Waals surface area contributed by atoms with Crippen LogP contribution in [0.3, 0.4) is 0 Å². The number of hydrogen-bond acceptors (Lipinski definition) is 6. The van der Waals surface area contributed by atoms with Crippen LogP contribution in [0.4, 0.5) is 0 Å². The van der Waals surface area contributed by atoms with Crippen LogP contribution in [-0.2, 0) is 14.3 Å². The number of β-amino-alcohol motifs (C(OH)–C–C–N with tert-alkyl or cyclic N) is 1. The number of carbonyl (C=O) groups is 2. The minimum absolute atomic E-state index is 0.0350. The molecule has 0 saturated carbocycles. The lowest BCUT2D eigenvalue weighted by Gasteiger charge is -2.36. The van der Waals surface area contributed by atoms with Crippen molar-refractivity contribution in [3.05, 3.63) is 39.9 Å². The van der Waals surface area contributed by atoms with Gasteiger partial charge in [-0.25, -0.2) is 0 Å². The molecule has 0 radical (unpaired) electrons. The summed E-state index contributed by atoms with van der Waals surface area (Å²) in [4.78, 5) is 33.2. The van der Waals surface area contributed by atoms with Crippen LogP contribution in [0.5, 0.6) is 0 Å². The average Bonchev–Trinajstić information content (AvgIpc) is 3.00. The van der Waals surface area contributed by atoms with Crippen LogP contribution in [-0.4, -0.2) is 122 Å². The summed E-state index contributed by atoms with van der Waals surface area (Å²) >= 11 is 12.0. The lowest BCUT2D eigenvalue weighted by atomic mass is 10.2. The molecule has 3 rings (SSSR count). The second-order valence-corrected chi connectivity index (χ2v) is 9.53. The molecule has 0 bridgehead atoms. The minimum atomic E-state index is -0.619. The number of aliphatic hydroxyl groups is 1. The van der Waals surface area contributed by atoms with Gasteiger partial charge >= 0.3 is 0 Å². The molecule has 2 aliphatic heterocycles. The van der Waals surface area contributed by atoms with Crippen molar-refractivity contribution < 1.29 is 19.4 Å². The monoisotopic (exact) mass is 512 g/mol. The first-order chi connectivity index (χ1) is 16.4. The molecule has 1 aromatic rings. The quantitative estimate of drug-likeness (QED) is 0.507. The summed E-state index contributed by atoms with van der Waals surface area (Å²) < 4.78 is 5.13. The lowest BCUT2D eigenvalue weighted by Crippen LogP contribution is -2.51. The van der Waals surface area contributed by atoms with Crippen molar-refractivity contribution >= 4 is 41.1 Å². The first-order valence-corrected chi connectivity index (χ1v) is 12.4. The van der Waals surface area contributed by atoms with Gasteiger partial charge in [-0.05, 0) is 23.8 Å². The van der Waals surface area contributed by atoms with Crippen molar-refractivity contribution in [2.45, 2.75) is 12.5 Å². The molecule has 1 N–H and O–H groups in total. The largest absolute Gasteiger partial charge is 0.390 e. The van der Waals surface area contributed by atoms with E-state index >= 15 is 0 Å². The molecule has 2 fully saturated rings. The Morgan fingerprint density at radius 1 is 1.06 bits per heavy atom. The van der Waals surface area contributed by atoms with Gasteiger partial charge in [0.25, 0.3) is 0 Å². The number of benzene rings is 1. The van der Waals surface area contributed by atoms with E-state index in [-0.39, 0.29) is 24.8 Å². The third kappa shape index (κ3) is 8.22. The Bertz CT molecular complexity index is 861. The van der Waals surface area contributed by atoms with Gasteiger partial charge < -0.3 is 19.6 Å². The van der Waals surface area contributed by atoms with Crippen LogP contribution in [0.1, 0.15) is 12.0 Å². The summed E-state index contributed by atoms with van der Waals surface area (Å²) in [6.45, 7) is 7.35. The second-order valence-electron chi connectivity index (χ2n) is 8.71. The minimum Gasteiger partial charge on any atom is -0.390 e. The number of piperazine rings is 1. The lowest BCUT2D eigenvalue weighted by molar-refractivity contribution is -0.131. The fourth-order valence-corrected chi connectivity index (χ4v) is 4.50. The third-order valence-electron chi connectivity index (χ3n) is 6.24. The van der Waals surface area contributed by atoms with Crippen LogP contribution >= 0.6 is 23.2 Å². The maximum atomic E-state index is 12.6. The van der Waals surface area contributed by atoms with Gasteiger partial charge in [-0.3, -0.25) is 19.4 Å². The number of halogens is 2. The average molecular weight is 513 g/mol. The van der Waals surface area contributed by atoms with Crippen molar-refractivity contribution in [2.24, 2.45) is 0 Å². The van der Waals surface area contributed by atoms with Gasteiger partial charge in [-0.1, -0.05) is 29.3 Å². The van der Waals surface area contributed by atoms with E-state index < -0.39 is 6.10 Å². The first-order valence-electron chi connectivity index (χ1n) is 11.7. The van der Waals surface area contributed by atoms with Gasteiger partial charge in [-0.15, -0.1) is 0 Å². The summed E-state index contributed by atoms with van der Waals surface area (Å²) in [7, 11) is 1.71. The van der Waals surface area contributed by atoms with E-state index in [0.29, 0.717) is 36.2 Å². The normalized spacial score (nSPS) is 19.6. The SMILES string of the molecule is COCCN1CCN(CC(O)CN2CCN(C(=O)/C=C/c3ccc(Cl)c(Cl)c3)CCC2=O)CC1. The highest BCUT2D eigenvalue weighted by Crippen LogP contribution is 2.23. The topological polar surface area (TPSA) is 76.6 Å². The van der Waals surface area contributed by atoms with Crippen LogP contribution in [0.15, 0.2) is 24.3 Å². The third-order valence-corrected chi connectivity index (χ3v) is 6.98. The number of rotatable bonds is 9. The zero-order valence-corrected chi connectivity index (χ0v) is 21.2. The Hall–Kier alpha value is -1.68. The van der Waals surface area contributed by atoms with Crippen molar-refractivity contribution in [3.63, 3.8) is 0 Å². The Morgan fingerprint density at radius 2 is 1.79 bits per heavy atom. The predicted molar refractivity (Wildman–Crippen MR) is 134 cm³/mol. The first kappa shape index (κ1) is 26.9. The Morgan fingerprint density at radius 3 is 2.50 bits per heavy atom. The molecule has 188 valence electrons. The number of ether oxygens (including phenoxy) is 1. The Kier molecular flexibility index (Phi) is 10.6. The molecule has 1 unspecified atom stereocenters. The zero-order chi connectivity index (χ0) is 24.5. The van der Waals surface area contributed by atoms with E-state index in [4.69, 9.17) is 27.9 Å². The fraction of sp³-hybridized carbons (Fsp3) is 0.583.